The molecule has 0 amide bonds. The molecule has 0 saturated carbocycles. The highest BCUT2D eigenvalue weighted by Crippen LogP contribution is 2.33. The Hall–Kier alpha value is -1.20. The molecule has 0 aliphatic rings. The number of thiazole rings is 1. The van der Waals surface area contributed by atoms with Crippen molar-refractivity contribution >= 4 is 33.0 Å². The molecule has 0 saturated heterocycles. The van der Waals surface area contributed by atoms with Crippen molar-refractivity contribution in [2.24, 2.45) is 0 Å². The maximum Gasteiger partial charge on any atom is 0.136 e. The number of ketones is 1. The average Bonchev–Trinajstić information content (AvgIpc) is 2.76. The van der Waals surface area contributed by atoms with Crippen LogP contribution in [0.2, 0.25) is 0 Å². The standard InChI is InChI=1S/C13H12BrNO2S/c1-8(16)5-13-15-11(7-18-13)10-6-9(14)3-4-12(10)17-2/h3-4,6-7H,5H2,1-2H3. The van der Waals surface area contributed by atoms with Crippen LogP contribution in [0.1, 0.15) is 11.9 Å². The Balaban J connectivity index is 2.38. The molecule has 0 aliphatic heterocycles. The van der Waals surface area contributed by atoms with Crippen molar-refractivity contribution < 1.29 is 9.53 Å². The highest BCUT2D eigenvalue weighted by Gasteiger charge is 2.11. The van der Waals surface area contributed by atoms with Crippen LogP contribution in [0.3, 0.4) is 0 Å². The van der Waals surface area contributed by atoms with Gasteiger partial charge in [-0.15, -0.1) is 11.3 Å². The number of carbonyl (C=O) groups excluding carboxylic acids is 1. The molecule has 0 aliphatic carbocycles. The van der Waals surface area contributed by atoms with E-state index in [0.29, 0.717) is 6.42 Å². The number of methoxy groups -OCH3 is 1. The molecule has 5 heteroatoms. The first-order valence-electron chi connectivity index (χ1n) is 5.38. The summed E-state index contributed by atoms with van der Waals surface area (Å²) in [4.78, 5) is 15.5. The number of hydrogen-bond acceptors (Lipinski definition) is 4. The number of rotatable bonds is 4. The molecule has 0 spiro atoms. The molecule has 0 fully saturated rings. The van der Waals surface area contributed by atoms with Crippen LogP contribution in [-0.2, 0) is 11.2 Å². The number of carbonyl (C=O) groups is 1. The van der Waals surface area contributed by atoms with Gasteiger partial charge in [0.1, 0.15) is 16.5 Å². The lowest BCUT2D eigenvalue weighted by atomic mass is 10.1. The van der Waals surface area contributed by atoms with Gasteiger partial charge in [0.15, 0.2) is 0 Å². The lowest BCUT2D eigenvalue weighted by Gasteiger charge is -2.06. The summed E-state index contributed by atoms with van der Waals surface area (Å²) in [5.74, 6) is 0.898. The second kappa shape index (κ2) is 5.63. The lowest BCUT2D eigenvalue weighted by Crippen LogP contribution is -1.95. The number of hydrogen-bond donors (Lipinski definition) is 0. The highest BCUT2D eigenvalue weighted by atomic mass is 79.9. The third kappa shape index (κ3) is 2.97. The Morgan fingerprint density at radius 2 is 2.28 bits per heavy atom. The Morgan fingerprint density at radius 1 is 1.50 bits per heavy atom. The molecule has 0 bridgehead atoms. The van der Waals surface area contributed by atoms with Gasteiger partial charge in [0, 0.05) is 15.4 Å². The van der Waals surface area contributed by atoms with Crippen molar-refractivity contribution in [1.29, 1.82) is 0 Å². The summed E-state index contributed by atoms with van der Waals surface area (Å²) in [5.41, 5.74) is 1.77. The zero-order valence-electron chi connectivity index (χ0n) is 10.1. The second-order valence-corrected chi connectivity index (χ2v) is 5.71. The fourth-order valence-corrected chi connectivity index (χ4v) is 2.84. The first-order valence-corrected chi connectivity index (χ1v) is 7.05. The fourth-order valence-electron chi connectivity index (χ4n) is 1.61. The zero-order valence-corrected chi connectivity index (χ0v) is 12.5. The highest BCUT2D eigenvalue weighted by molar-refractivity contribution is 9.10. The van der Waals surface area contributed by atoms with Crippen LogP contribution >= 0.6 is 27.3 Å². The van der Waals surface area contributed by atoms with Gasteiger partial charge in [-0.25, -0.2) is 4.98 Å². The minimum Gasteiger partial charge on any atom is -0.496 e. The lowest BCUT2D eigenvalue weighted by molar-refractivity contribution is -0.116. The van der Waals surface area contributed by atoms with E-state index in [9.17, 15) is 4.79 Å². The van der Waals surface area contributed by atoms with Crippen molar-refractivity contribution in [3.63, 3.8) is 0 Å². The van der Waals surface area contributed by atoms with Crippen LogP contribution in [0.15, 0.2) is 28.1 Å². The monoisotopic (exact) mass is 325 g/mol. The van der Waals surface area contributed by atoms with Crippen LogP contribution in [0.5, 0.6) is 5.75 Å². The first-order chi connectivity index (χ1) is 8.60. The summed E-state index contributed by atoms with van der Waals surface area (Å²) in [5, 5.41) is 2.78. The molecular formula is C13H12BrNO2S. The summed E-state index contributed by atoms with van der Waals surface area (Å²) in [7, 11) is 1.63. The molecule has 2 aromatic rings. The van der Waals surface area contributed by atoms with Gasteiger partial charge in [0.25, 0.3) is 0 Å². The minimum atomic E-state index is 0.122. The summed E-state index contributed by atoms with van der Waals surface area (Å²) in [6.45, 7) is 1.57. The van der Waals surface area contributed by atoms with E-state index in [2.05, 4.69) is 20.9 Å². The number of benzene rings is 1. The van der Waals surface area contributed by atoms with Gasteiger partial charge in [-0.3, -0.25) is 4.79 Å². The number of nitrogens with zero attached hydrogens (tertiary/aromatic N) is 1. The first kappa shape index (κ1) is 13.2. The Bertz CT molecular complexity index is 580. The summed E-state index contributed by atoms with van der Waals surface area (Å²) in [6, 6.07) is 5.78. The van der Waals surface area contributed by atoms with E-state index in [1.165, 1.54) is 11.3 Å². The molecule has 94 valence electrons. The van der Waals surface area contributed by atoms with E-state index in [4.69, 9.17) is 4.74 Å². The smallest absolute Gasteiger partial charge is 0.136 e. The van der Waals surface area contributed by atoms with Crippen LogP contribution in [-0.4, -0.2) is 17.9 Å². The van der Waals surface area contributed by atoms with Crippen molar-refractivity contribution in [2.75, 3.05) is 7.11 Å². The topological polar surface area (TPSA) is 39.2 Å². The van der Waals surface area contributed by atoms with E-state index in [1.54, 1.807) is 14.0 Å². The minimum absolute atomic E-state index is 0.122. The molecule has 0 atom stereocenters. The SMILES string of the molecule is COc1ccc(Br)cc1-c1csc(CC(C)=O)n1. The number of aromatic nitrogens is 1. The third-order valence-electron chi connectivity index (χ3n) is 2.39. The van der Waals surface area contributed by atoms with Gasteiger partial charge in [-0.05, 0) is 25.1 Å². The predicted octanol–water partition coefficient (Wildman–Crippen LogP) is 3.71. The van der Waals surface area contributed by atoms with Crippen molar-refractivity contribution in [3.8, 4) is 17.0 Å². The zero-order chi connectivity index (χ0) is 13.1. The van der Waals surface area contributed by atoms with Gasteiger partial charge < -0.3 is 4.74 Å². The quantitative estimate of drug-likeness (QED) is 0.860. The van der Waals surface area contributed by atoms with Crippen LogP contribution < -0.4 is 4.74 Å². The molecule has 2 rings (SSSR count). The van der Waals surface area contributed by atoms with E-state index in [-0.39, 0.29) is 5.78 Å². The van der Waals surface area contributed by atoms with Gasteiger partial charge >= 0.3 is 0 Å². The summed E-state index contributed by atoms with van der Waals surface area (Å²) < 4.78 is 6.29. The molecule has 18 heavy (non-hydrogen) atoms. The van der Waals surface area contributed by atoms with E-state index < -0.39 is 0 Å². The average molecular weight is 326 g/mol. The molecule has 1 aromatic heterocycles. The van der Waals surface area contributed by atoms with Crippen molar-refractivity contribution in [2.45, 2.75) is 13.3 Å². The molecule has 1 heterocycles. The van der Waals surface area contributed by atoms with E-state index in [0.717, 1.165) is 26.5 Å². The van der Waals surface area contributed by atoms with Gasteiger partial charge in [0.2, 0.25) is 0 Å². The Kier molecular flexibility index (Phi) is 4.14. The van der Waals surface area contributed by atoms with Gasteiger partial charge in [-0.1, -0.05) is 15.9 Å². The maximum absolute atomic E-state index is 11.1. The molecule has 1 aromatic carbocycles. The Morgan fingerprint density at radius 3 is 2.94 bits per heavy atom. The fraction of sp³-hybridized carbons (Fsp3) is 0.231. The van der Waals surface area contributed by atoms with Crippen molar-refractivity contribution in [3.05, 3.63) is 33.1 Å². The molecule has 3 nitrogen and oxygen atoms in total. The second-order valence-electron chi connectivity index (χ2n) is 3.85. The number of Topliss-reactive ketones (excluding diaryl/α,β-unsaturated/α-hetero) is 1. The molecular weight excluding hydrogens is 314 g/mol. The van der Waals surface area contributed by atoms with Crippen LogP contribution in [0.4, 0.5) is 0 Å². The molecule has 0 N–H and O–H groups in total. The maximum atomic E-state index is 11.1. The Labute approximate surface area is 118 Å². The van der Waals surface area contributed by atoms with E-state index >= 15 is 0 Å². The molecule has 0 radical (unpaired) electrons. The summed E-state index contributed by atoms with van der Waals surface area (Å²) >= 11 is 4.93. The summed E-state index contributed by atoms with van der Waals surface area (Å²) in [6.07, 6.45) is 0.390. The number of ether oxygens (including phenoxy) is 1. The third-order valence-corrected chi connectivity index (χ3v) is 3.73. The normalized spacial score (nSPS) is 10.4. The van der Waals surface area contributed by atoms with Crippen LogP contribution in [0.25, 0.3) is 11.3 Å². The number of halogens is 1. The van der Waals surface area contributed by atoms with Crippen LogP contribution in [0, 0.1) is 0 Å². The van der Waals surface area contributed by atoms with E-state index in [1.807, 2.05) is 23.6 Å². The van der Waals surface area contributed by atoms with Crippen molar-refractivity contribution in [1.82, 2.24) is 4.98 Å². The molecule has 0 unspecified atom stereocenters. The largest absolute Gasteiger partial charge is 0.496 e. The van der Waals surface area contributed by atoms with Gasteiger partial charge in [0.05, 0.1) is 19.2 Å². The van der Waals surface area contributed by atoms with Gasteiger partial charge in [-0.2, -0.15) is 0 Å². The predicted molar refractivity (Wildman–Crippen MR) is 76.2 cm³/mol.